The minimum atomic E-state index is -1.09. The number of hydrogen-bond acceptors (Lipinski definition) is 4. The van der Waals surface area contributed by atoms with Crippen molar-refractivity contribution in [3.8, 4) is 0 Å². The van der Waals surface area contributed by atoms with E-state index in [1.165, 1.54) is 12.5 Å². The molecule has 1 heterocycles. The average Bonchev–Trinajstić information content (AvgIpc) is 2.67. The van der Waals surface area contributed by atoms with E-state index in [0.717, 1.165) is 37.2 Å². The molecule has 0 spiro atoms. The predicted molar refractivity (Wildman–Crippen MR) is 99.7 cm³/mol. The number of nitrogens with zero attached hydrogens (tertiary/aromatic N) is 1. The number of aromatic carboxylic acids is 1. The van der Waals surface area contributed by atoms with E-state index in [1.54, 1.807) is 12.1 Å². The highest BCUT2D eigenvalue weighted by Gasteiger charge is 2.17. The minimum Gasteiger partial charge on any atom is -0.478 e. The molecule has 1 saturated heterocycles. The van der Waals surface area contributed by atoms with Crippen LogP contribution in [0, 0.1) is 0 Å². The van der Waals surface area contributed by atoms with Crippen LogP contribution in [-0.2, 0) is 11.3 Å². The van der Waals surface area contributed by atoms with Gasteiger partial charge in [0.1, 0.15) is 6.61 Å². The number of rotatable bonds is 5. The van der Waals surface area contributed by atoms with Gasteiger partial charge in [-0.2, -0.15) is 0 Å². The molecule has 26 heavy (non-hydrogen) atoms. The van der Waals surface area contributed by atoms with Crippen molar-refractivity contribution in [2.24, 2.45) is 0 Å². The van der Waals surface area contributed by atoms with Gasteiger partial charge in [0, 0.05) is 18.8 Å². The van der Waals surface area contributed by atoms with E-state index in [4.69, 9.17) is 4.74 Å². The van der Waals surface area contributed by atoms with Crippen LogP contribution in [0.3, 0.4) is 0 Å². The van der Waals surface area contributed by atoms with Gasteiger partial charge in [0.05, 0.1) is 11.3 Å². The second-order valence-corrected chi connectivity index (χ2v) is 6.27. The van der Waals surface area contributed by atoms with Crippen LogP contribution in [0.15, 0.2) is 48.5 Å². The van der Waals surface area contributed by atoms with E-state index in [0.29, 0.717) is 0 Å². The number of amides is 1. The summed E-state index contributed by atoms with van der Waals surface area (Å²) in [5, 5.41) is 12.0. The van der Waals surface area contributed by atoms with Crippen molar-refractivity contribution in [2.45, 2.75) is 25.9 Å². The summed E-state index contributed by atoms with van der Waals surface area (Å²) >= 11 is 0. The summed E-state index contributed by atoms with van der Waals surface area (Å²) in [5.41, 5.74) is 2.07. The van der Waals surface area contributed by atoms with Crippen molar-refractivity contribution in [1.82, 2.24) is 0 Å². The van der Waals surface area contributed by atoms with E-state index in [-0.39, 0.29) is 17.9 Å². The van der Waals surface area contributed by atoms with Crippen molar-refractivity contribution in [1.29, 1.82) is 0 Å². The highest BCUT2D eigenvalue weighted by molar-refractivity contribution is 5.99. The van der Waals surface area contributed by atoms with E-state index in [1.807, 2.05) is 30.3 Å². The monoisotopic (exact) mass is 354 g/mol. The molecular formula is C20H22N2O4. The lowest BCUT2D eigenvalue weighted by molar-refractivity contribution is 0.0698. The van der Waals surface area contributed by atoms with Crippen LogP contribution in [-0.4, -0.2) is 30.3 Å². The Kier molecular flexibility index (Phi) is 5.73. The third-order valence-electron chi connectivity index (χ3n) is 4.40. The summed E-state index contributed by atoms with van der Waals surface area (Å²) in [5.74, 6) is -1.09. The molecule has 136 valence electrons. The minimum absolute atomic E-state index is 0.0439. The van der Waals surface area contributed by atoms with Crippen LogP contribution in [0.2, 0.25) is 0 Å². The standard InChI is InChI=1S/C20H22N2O4/c23-19(24)17-10-9-16(22-11-5-2-6-12-22)13-18(17)21-20(25)26-14-15-7-3-1-4-8-15/h1,3-4,7-10,13H,2,5-6,11-12,14H2,(H,21,25)(H,23,24). The summed E-state index contributed by atoms with van der Waals surface area (Å²) in [7, 11) is 0. The number of carbonyl (C=O) groups excluding carboxylic acids is 1. The van der Waals surface area contributed by atoms with Gasteiger partial charge in [-0.15, -0.1) is 0 Å². The second-order valence-electron chi connectivity index (χ2n) is 6.27. The summed E-state index contributed by atoms with van der Waals surface area (Å²) in [6.07, 6.45) is 2.76. The van der Waals surface area contributed by atoms with Crippen molar-refractivity contribution in [3.63, 3.8) is 0 Å². The number of carboxylic acid groups (broad SMARTS) is 1. The summed E-state index contributed by atoms with van der Waals surface area (Å²) < 4.78 is 5.20. The number of nitrogens with one attached hydrogen (secondary N) is 1. The summed E-state index contributed by atoms with van der Waals surface area (Å²) in [4.78, 5) is 25.8. The van der Waals surface area contributed by atoms with Crippen molar-refractivity contribution >= 4 is 23.4 Å². The van der Waals surface area contributed by atoms with E-state index in [2.05, 4.69) is 10.2 Å². The van der Waals surface area contributed by atoms with Crippen molar-refractivity contribution in [2.75, 3.05) is 23.3 Å². The Hall–Kier alpha value is -3.02. The molecule has 1 aliphatic heterocycles. The van der Waals surface area contributed by atoms with Gasteiger partial charge < -0.3 is 14.7 Å². The Bertz CT molecular complexity index is 771. The molecule has 1 amide bonds. The van der Waals surface area contributed by atoms with Gasteiger partial charge in [0.15, 0.2) is 0 Å². The van der Waals surface area contributed by atoms with Gasteiger partial charge in [-0.3, -0.25) is 5.32 Å². The van der Waals surface area contributed by atoms with Crippen molar-refractivity contribution in [3.05, 3.63) is 59.7 Å². The molecule has 0 aromatic heterocycles. The first-order chi connectivity index (χ1) is 12.6. The number of carbonyl (C=O) groups is 2. The largest absolute Gasteiger partial charge is 0.478 e. The van der Waals surface area contributed by atoms with Gasteiger partial charge >= 0.3 is 12.1 Å². The lowest BCUT2D eigenvalue weighted by atomic mass is 10.1. The van der Waals surface area contributed by atoms with Gasteiger partial charge in [-0.05, 0) is 43.0 Å². The molecule has 3 rings (SSSR count). The lowest BCUT2D eigenvalue weighted by Gasteiger charge is -2.29. The molecule has 0 aliphatic carbocycles. The molecule has 2 N–H and O–H groups in total. The molecule has 0 atom stereocenters. The Morgan fingerprint density at radius 2 is 1.77 bits per heavy atom. The molecule has 2 aromatic carbocycles. The third-order valence-corrected chi connectivity index (χ3v) is 4.40. The molecule has 0 saturated carbocycles. The maximum atomic E-state index is 12.1. The zero-order valence-electron chi connectivity index (χ0n) is 14.5. The maximum Gasteiger partial charge on any atom is 0.411 e. The number of ether oxygens (including phenoxy) is 1. The molecule has 6 heteroatoms. The smallest absolute Gasteiger partial charge is 0.411 e. The molecule has 0 bridgehead atoms. The first-order valence-electron chi connectivity index (χ1n) is 8.73. The normalized spacial score (nSPS) is 13.9. The number of carboxylic acids is 1. The molecule has 1 fully saturated rings. The number of piperidine rings is 1. The van der Waals surface area contributed by atoms with E-state index < -0.39 is 12.1 Å². The second kappa shape index (κ2) is 8.38. The first-order valence-corrected chi connectivity index (χ1v) is 8.73. The van der Waals surface area contributed by atoms with Crippen LogP contribution < -0.4 is 10.2 Å². The highest BCUT2D eigenvalue weighted by Crippen LogP contribution is 2.26. The molecule has 6 nitrogen and oxygen atoms in total. The van der Waals surface area contributed by atoms with Crippen LogP contribution >= 0.6 is 0 Å². The third kappa shape index (κ3) is 4.53. The van der Waals surface area contributed by atoms with Crippen LogP contribution in [0.1, 0.15) is 35.2 Å². The number of hydrogen-bond donors (Lipinski definition) is 2. The van der Waals surface area contributed by atoms with Crippen LogP contribution in [0.4, 0.5) is 16.2 Å². The predicted octanol–water partition coefficient (Wildman–Crippen LogP) is 4.12. The van der Waals surface area contributed by atoms with Gasteiger partial charge in [0.25, 0.3) is 0 Å². The Labute approximate surface area is 152 Å². The van der Waals surface area contributed by atoms with Gasteiger partial charge in [0.2, 0.25) is 0 Å². The molecular weight excluding hydrogens is 332 g/mol. The molecule has 0 unspecified atom stereocenters. The molecule has 1 aliphatic rings. The molecule has 0 radical (unpaired) electrons. The van der Waals surface area contributed by atoms with E-state index >= 15 is 0 Å². The van der Waals surface area contributed by atoms with Crippen LogP contribution in [0.5, 0.6) is 0 Å². The lowest BCUT2D eigenvalue weighted by Crippen LogP contribution is -2.29. The number of benzene rings is 2. The van der Waals surface area contributed by atoms with Gasteiger partial charge in [-0.1, -0.05) is 30.3 Å². The summed E-state index contributed by atoms with van der Waals surface area (Å²) in [6.45, 7) is 2.00. The zero-order chi connectivity index (χ0) is 18.4. The fraction of sp³-hybridized carbons (Fsp3) is 0.300. The summed E-state index contributed by atoms with van der Waals surface area (Å²) in [6, 6.07) is 14.3. The zero-order valence-corrected chi connectivity index (χ0v) is 14.5. The Morgan fingerprint density at radius 1 is 1.04 bits per heavy atom. The Morgan fingerprint density at radius 3 is 2.46 bits per heavy atom. The fourth-order valence-electron chi connectivity index (χ4n) is 3.04. The van der Waals surface area contributed by atoms with Crippen molar-refractivity contribution < 1.29 is 19.4 Å². The van der Waals surface area contributed by atoms with Gasteiger partial charge in [-0.25, -0.2) is 9.59 Å². The highest BCUT2D eigenvalue weighted by atomic mass is 16.5. The quantitative estimate of drug-likeness (QED) is 0.844. The Balaban J connectivity index is 1.71. The molecule has 2 aromatic rings. The topological polar surface area (TPSA) is 78.9 Å². The number of anilines is 2. The first kappa shape index (κ1) is 17.8. The fourth-order valence-corrected chi connectivity index (χ4v) is 3.04. The van der Waals surface area contributed by atoms with Crippen LogP contribution in [0.25, 0.3) is 0 Å². The average molecular weight is 354 g/mol. The SMILES string of the molecule is O=C(Nc1cc(N2CCCCC2)ccc1C(=O)O)OCc1ccccc1. The van der Waals surface area contributed by atoms with E-state index in [9.17, 15) is 14.7 Å². The maximum absolute atomic E-state index is 12.1.